The van der Waals surface area contributed by atoms with Gasteiger partial charge in [-0.2, -0.15) is 0 Å². The van der Waals surface area contributed by atoms with Gasteiger partial charge in [-0.05, 0) is 44.2 Å². The van der Waals surface area contributed by atoms with E-state index in [1.54, 1.807) is 0 Å². The third-order valence-electron chi connectivity index (χ3n) is 3.33. The molecule has 1 atom stereocenters. The summed E-state index contributed by atoms with van der Waals surface area (Å²) in [6, 6.07) is 14.8. The lowest BCUT2D eigenvalue weighted by molar-refractivity contribution is 0.334. The fourth-order valence-electron chi connectivity index (χ4n) is 2.36. The van der Waals surface area contributed by atoms with Crippen LogP contribution in [0.25, 0.3) is 0 Å². The first-order chi connectivity index (χ1) is 9.67. The summed E-state index contributed by atoms with van der Waals surface area (Å²) < 4.78 is 6.88. The first-order valence-electron chi connectivity index (χ1n) is 6.82. The van der Waals surface area contributed by atoms with E-state index in [0.29, 0.717) is 6.61 Å². The normalized spacial score (nSPS) is 12.2. The maximum Gasteiger partial charge on any atom is 0.124 e. The monoisotopic (exact) mass is 333 g/mol. The molecule has 0 fully saturated rings. The Bertz CT molecular complexity index is 583. The molecule has 0 saturated carbocycles. The van der Waals surface area contributed by atoms with Crippen LogP contribution in [0.2, 0.25) is 0 Å². The van der Waals surface area contributed by atoms with Gasteiger partial charge in [-0.25, -0.2) is 0 Å². The lowest BCUT2D eigenvalue weighted by Gasteiger charge is -2.21. The molecule has 0 aliphatic heterocycles. The highest BCUT2D eigenvalue weighted by Crippen LogP contribution is 2.31. The Kier molecular flexibility index (Phi) is 5.21. The van der Waals surface area contributed by atoms with Crippen molar-refractivity contribution in [2.24, 2.45) is 0 Å². The summed E-state index contributed by atoms with van der Waals surface area (Å²) in [5.41, 5.74) is 3.63. The SMILES string of the molecule is CCOc1ccccc1C(NC)c1ccc(Br)c(C)c1. The molecule has 3 heteroatoms. The van der Waals surface area contributed by atoms with Gasteiger partial charge in [0.25, 0.3) is 0 Å². The number of nitrogens with one attached hydrogen (secondary N) is 1. The predicted molar refractivity (Wildman–Crippen MR) is 87.4 cm³/mol. The molecular formula is C17H20BrNO. The lowest BCUT2D eigenvalue weighted by Crippen LogP contribution is -2.18. The Balaban J connectivity index is 2.44. The lowest BCUT2D eigenvalue weighted by atomic mass is 9.97. The van der Waals surface area contributed by atoms with Crippen LogP contribution in [0.4, 0.5) is 0 Å². The van der Waals surface area contributed by atoms with Gasteiger partial charge >= 0.3 is 0 Å². The van der Waals surface area contributed by atoms with Crippen LogP contribution in [0.1, 0.15) is 29.7 Å². The molecule has 2 aromatic carbocycles. The number of hydrogen-bond donors (Lipinski definition) is 1. The summed E-state index contributed by atoms with van der Waals surface area (Å²) in [4.78, 5) is 0. The molecule has 0 bridgehead atoms. The summed E-state index contributed by atoms with van der Waals surface area (Å²) in [5.74, 6) is 0.940. The molecule has 2 rings (SSSR count). The van der Waals surface area contributed by atoms with E-state index in [1.807, 2.05) is 32.2 Å². The molecule has 0 radical (unpaired) electrons. The molecule has 0 aromatic heterocycles. The average Bonchev–Trinajstić information content (AvgIpc) is 2.45. The van der Waals surface area contributed by atoms with Gasteiger partial charge in [0.2, 0.25) is 0 Å². The van der Waals surface area contributed by atoms with Gasteiger partial charge in [0, 0.05) is 10.0 Å². The second kappa shape index (κ2) is 6.91. The Hall–Kier alpha value is -1.32. The largest absolute Gasteiger partial charge is 0.494 e. The van der Waals surface area contributed by atoms with Crippen LogP contribution >= 0.6 is 15.9 Å². The smallest absolute Gasteiger partial charge is 0.124 e. The zero-order chi connectivity index (χ0) is 14.5. The highest BCUT2D eigenvalue weighted by Gasteiger charge is 2.16. The number of para-hydroxylation sites is 1. The number of aryl methyl sites for hydroxylation is 1. The molecular weight excluding hydrogens is 314 g/mol. The predicted octanol–water partition coefficient (Wildman–Crippen LogP) is 4.47. The summed E-state index contributed by atoms with van der Waals surface area (Å²) in [6.45, 7) is 4.79. The van der Waals surface area contributed by atoms with Crippen LogP contribution < -0.4 is 10.1 Å². The van der Waals surface area contributed by atoms with Crippen LogP contribution in [0.15, 0.2) is 46.9 Å². The van der Waals surface area contributed by atoms with Crippen molar-refractivity contribution < 1.29 is 4.74 Å². The van der Waals surface area contributed by atoms with E-state index in [0.717, 1.165) is 10.2 Å². The second-order valence-corrected chi connectivity index (χ2v) is 5.56. The molecule has 106 valence electrons. The van der Waals surface area contributed by atoms with Crippen LogP contribution in [-0.4, -0.2) is 13.7 Å². The van der Waals surface area contributed by atoms with Gasteiger partial charge in [0.1, 0.15) is 5.75 Å². The molecule has 0 aliphatic rings. The van der Waals surface area contributed by atoms with Gasteiger partial charge in [0.05, 0.1) is 12.6 Å². The summed E-state index contributed by atoms with van der Waals surface area (Å²) in [6.07, 6.45) is 0. The minimum atomic E-state index is 0.129. The average molecular weight is 334 g/mol. The van der Waals surface area contributed by atoms with Crippen LogP contribution in [0.3, 0.4) is 0 Å². The molecule has 2 nitrogen and oxygen atoms in total. The number of halogens is 1. The van der Waals surface area contributed by atoms with Gasteiger partial charge in [0.15, 0.2) is 0 Å². The van der Waals surface area contributed by atoms with E-state index >= 15 is 0 Å². The van der Waals surface area contributed by atoms with E-state index in [4.69, 9.17) is 4.74 Å². The van der Waals surface area contributed by atoms with Gasteiger partial charge in [-0.15, -0.1) is 0 Å². The van der Waals surface area contributed by atoms with Crippen molar-refractivity contribution in [1.82, 2.24) is 5.32 Å². The van der Waals surface area contributed by atoms with Crippen molar-refractivity contribution >= 4 is 15.9 Å². The Morgan fingerprint density at radius 3 is 2.60 bits per heavy atom. The fourth-order valence-corrected chi connectivity index (χ4v) is 2.60. The van der Waals surface area contributed by atoms with E-state index < -0.39 is 0 Å². The number of ether oxygens (including phenoxy) is 1. The molecule has 0 aliphatic carbocycles. The van der Waals surface area contributed by atoms with Crippen molar-refractivity contribution in [3.63, 3.8) is 0 Å². The van der Waals surface area contributed by atoms with Crippen molar-refractivity contribution in [3.8, 4) is 5.75 Å². The molecule has 1 unspecified atom stereocenters. The maximum atomic E-state index is 5.75. The Morgan fingerprint density at radius 2 is 1.95 bits per heavy atom. The molecule has 2 aromatic rings. The summed E-state index contributed by atoms with van der Waals surface area (Å²) in [5, 5.41) is 3.38. The zero-order valence-corrected chi connectivity index (χ0v) is 13.7. The second-order valence-electron chi connectivity index (χ2n) is 4.70. The first-order valence-corrected chi connectivity index (χ1v) is 7.61. The maximum absolute atomic E-state index is 5.75. The zero-order valence-electron chi connectivity index (χ0n) is 12.1. The van der Waals surface area contributed by atoms with Gasteiger partial charge < -0.3 is 10.1 Å². The number of benzene rings is 2. The van der Waals surface area contributed by atoms with E-state index in [1.165, 1.54) is 16.7 Å². The highest BCUT2D eigenvalue weighted by atomic mass is 79.9. The fraction of sp³-hybridized carbons (Fsp3) is 0.294. The topological polar surface area (TPSA) is 21.3 Å². The summed E-state index contributed by atoms with van der Waals surface area (Å²) in [7, 11) is 1.98. The van der Waals surface area contributed by atoms with Crippen molar-refractivity contribution in [2.45, 2.75) is 19.9 Å². The van der Waals surface area contributed by atoms with Crippen molar-refractivity contribution in [1.29, 1.82) is 0 Å². The molecule has 0 amide bonds. The van der Waals surface area contributed by atoms with E-state index in [9.17, 15) is 0 Å². The van der Waals surface area contributed by atoms with Crippen molar-refractivity contribution in [2.75, 3.05) is 13.7 Å². The first kappa shape index (κ1) is 15.1. The third-order valence-corrected chi connectivity index (χ3v) is 4.22. The molecule has 1 N–H and O–H groups in total. The van der Waals surface area contributed by atoms with Gasteiger partial charge in [-0.1, -0.05) is 46.3 Å². The number of hydrogen-bond acceptors (Lipinski definition) is 2. The summed E-state index contributed by atoms with van der Waals surface area (Å²) >= 11 is 3.55. The molecule has 0 spiro atoms. The van der Waals surface area contributed by atoms with Crippen LogP contribution in [-0.2, 0) is 0 Å². The highest BCUT2D eigenvalue weighted by molar-refractivity contribution is 9.10. The molecule has 0 heterocycles. The van der Waals surface area contributed by atoms with Crippen LogP contribution in [0.5, 0.6) is 5.75 Å². The Labute approximate surface area is 129 Å². The Morgan fingerprint density at radius 1 is 1.20 bits per heavy atom. The van der Waals surface area contributed by atoms with Gasteiger partial charge in [-0.3, -0.25) is 0 Å². The minimum Gasteiger partial charge on any atom is -0.494 e. The third kappa shape index (κ3) is 3.22. The van der Waals surface area contributed by atoms with Crippen molar-refractivity contribution in [3.05, 3.63) is 63.6 Å². The van der Waals surface area contributed by atoms with Crippen LogP contribution in [0, 0.1) is 6.92 Å². The molecule has 0 saturated heterocycles. The quantitative estimate of drug-likeness (QED) is 0.871. The minimum absolute atomic E-state index is 0.129. The standard InChI is InChI=1S/C17H20BrNO/c1-4-20-16-8-6-5-7-14(16)17(19-3)13-9-10-15(18)12(2)11-13/h5-11,17,19H,4H2,1-3H3. The number of rotatable bonds is 5. The molecule has 20 heavy (non-hydrogen) atoms. The van der Waals surface area contributed by atoms with E-state index in [2.05, 4.69) is 52.4 Å². The van der Waals surface area contributed by atoms with E-state index in [-0.39, 0.29) is 6.04 Å².